The smallest absolute Gasteiger partial charge is 0.221 e. The number of carbonyl (C=O) groups is 1. The first-order valence-electron chi connectivity index (χ1n) is 7.22. The molecule has 0 aromatic carbocycles. The van der Waals surface area contributed by atoms with Gasteiger partial charge >= 0.3 is 0 Å². The fourth-order valence-electron chi connectivity index (χ4n) is 2.13. The van der Waals surface area contributed by atoms with Crippen LogP contribution in [0, 0.1) is 6.92 Å². The molecule has 0 spiro atoms. The van der Waals surface area contributed by atoms with Crippen LogP contribution < -0.4 is 5.32 Å². The third kappa shape index (κ3) is 5.08. The van der Waals surface area contributed by atoms with E-state index in [9.17, 15) is 13.2 Å². The predicted octanol–water partition coefficient (Wildman–Crippen LogP) is -0.306. The summed E-state index contributed by atoms with van der Waals surface area (Å²) < 4.78 is 35.5. The zero-order valence-electron chi connectivity index (χ0n) is 12.6. The Morgan fingerprint density at radius 1 is 1.41 bits per heavy atom. The topological polar surface area (TPSA) is 102 Å². The molecule has 9 heteroatoms. The molecule has 0 atom stereocenters. The van der Waals surface area contributed by atoms with Gasteiger partial charge in [0, 0.05) is 38.5 Å². The van der Waals surface area contributed by atoms with E-state index >= 15 is 0 Å². The molecule has 8 nitrogen and oxygen atoms in total. The highest BCUT2D eigenvalue weighted by atomic mass is 32.2. The lowest BCUT2D eigenvalue weighted by atomic mass is 10.3. The molecule has 22 heavy (non-hydrogen) atoms. The van der Waals surface area contributed by atoms with Gasteiger partial charge in [0.1, 0.15) is 5.76 Å². The van der Waals surface area contributed by atoms with Crippen LogP contribution in [0.1, 0.15) is 17.9 Å². The number of nitrogens with one attached hydrogen (secondary N) is 1. The van der Waals surface area contributed by atoms with Gasteiger partial charge in [-0.1, -0.05) is 5.16 Å². The number of morpholine rings is 1. The molecule has 1 N–H and O–H groups in total. The van der Waals surface area contributed by atoms with Crippen LogP contribution in [0.15, 0.2) is 10.6 Å². The molecule has 1 aliphatic rings. The average Bonchev–Trinajstić information content (AvgIpc) is 2.92. The maximum atomic E-state index is 12.1. The maximum Gasteiger partial charge on any atom is 0.221 e. The van der Waals surface area contributed by atoms with Crippen molar-refractivity contribution in [3.8, 4) is 0 Å². The van der Waals surface area contributed by atoms with Crippen molar-refractivity contribution in [1.29, 1.82) is 0 Å². The van der Waals surface area contributed by atoms with Crippen molar-refractivity contribution in [3.05, 3.63) is 17.5 Å². The molecular weight excluding hydrogens is 310 g/mol. The summed E-state index contributed by atoms with van der Waals surface area (Å²) in [6.45, 7) is 3.73. The summed E-state index contributed by atoms with van der Waals surface area (Å²) in [4.78, 5) is 11.7. The molecule has 0 unspecified atom stereocenters. The number of sulfonamides is 1. The Balaban J connectivity index is 1.68. The molecule has 1 saturated heterocycles. The van der Waals surface area contributed by atoms with E-state index in [1.54, 1.807) is 13.0 Å². The molecule has 0 saturated carbocycles. The second kappa shape index (κ2) is 7.70. The lowest BCUT2D eigenvalue weighted by Gasteiger charge is -2.25. The molecule has 1 aromatic rings. The minimum Gasteiger partial charge on any atom is -0.379 e. The van der Waals surface area contributed by atoms with E-state index < -0.39 is 10.0 Å². The molecular formula is C13H21N3O5S. The van der Waals surface area contributed by atoms with Gasteiger partial charge in [-0.15, -0.1) is 0 Å². The molecule has 0 aliphatic carbocycles. The first-order chi connectivity index (χ1) is 10.5. The highest BCUT2D eigenvalue weighted by molar-refractivity contribution is 7.89. The van der Waals surface area contributed by atoms with Crippen LogP contribution in [0.5, 0.6) is 0 Å². The Hall–Kier alpha value is -1.45. The van der Waals surface area contributed by atoms with Gasteiger partial charge in [-0.2, -0.15) is 4.31 Å². The van der Waals surface area contributed by atoms with Gasteiger partial charge < -0.3 is 14.6 Å². The van der Waals surface area contributed by atoms with Crippen molar-refractivity contribution < 1.29 is 22.5 Å². The average molecular weight is 331 g/mol. The van der Waals surface area contributed by atoms with Crippen molar-refractivity contribution in [1.82, 2.24) is 14.8 Å². The van der Waals surface area contributed by atoms with Crippen LogP contribution in [0.25, 0.3) is 0 Å². The number of aryl methyl sites for hydroxylation is 1. The van der Waals surface area contributed by atoms with Gasteiger partial charge in [-0.25, -0.2) is 8.42 Å². The van der Waals surface area contributed by atoms with Crippen LogP contribution in [-0.2, 0) is 26.0 Å². The van der Waals surface area contributed by atoms with E-state index in [2.05, 4.69) is 10.5 Å². The molecule has 1 amide bonds. The van der Waals surface area contributed by atoms with E-state index in [0.717, 1.165) is 11.5 Å². The fraction of sp³-hybridized carbons (Fsp3) is 0.692. The monoisotopic (exact) mass is 331 g/mol. The summed E-state index contributed by atoms with van der Waals surface area (Å²) in [7, 11) is -3.39. The lowest BCUT2D eigenvalue weighted by molar-refractivity contribution is -0.120. The van der Waals surface area contributed by atoms with Crippen molar-refractivity contribution in [2.24, 2.45) is 0 Å². The van der Waals surface area contributed by atoms with Crippen LogP contribution in [0.2, 0.25) is 0 Å². The number of ether oxygens (including phenoxy) is 1. The fourth-order valence-corrected chi connectivity index (χ4v) is 3.54. The summed E-state index contributed by atoms with van der Waals surface area (Å²) in [5.41, 5.74) is 0.763. The first-order valence-corrected chi connectivity index (χ1v) is 8.83. The molecule has 0 bridgehead atoms. The van der Waals surface area contributed by atoms with Crippen LogP contribution in [-0.4, -0.2) is 62.4 Å². The Morgan fingerprint density at radius 2 is 2.14 bits per heavy atom. The predicted molar refractivity (Wildman–Crippen MR) is 78.7 cm³/mol. The molecule has 2 rings (SSSR count). The highest BCUT2D eigenvalue weighted by Crippen LogP contribution is 2.07. The molecule has 1 aliphatic heterocycles. The summed E-state index contributed by atoms with van der Waals surface area (Å²) in [6, 6.07) is 1.80. The second-order valence-corrected chi connectivity index (χ2v) is 7.19. The first kappa shape index (κ1) is 16.9. The van der Waals surface area contributed by atoms with Crippen molar-refractivity contribution in [2.75, 3.05) is 38.6 Å². The number of aromatic nitrogens is 1. The molecule has 1 fully saturated rings. The summed E-state index contributed by atoms with van der Waals surface area (Å²) >= 11 is 0. The van der Waals surface area contributed by atoms with Gasteiger partial charge in [0.05, 0.1) is 24.7 Å². The maximum absolute atomic E-state index is 12.1. The standard InChI is InChI=1S/C13H21N3O5S/c1-11-10-12(15-21-11)2-4-14-13(17)3-9-22(18,19)16-5-7-20-8-6-16/h10H,2-9H2,1H3,(H,14,17). The van der Waals surface area contributed by atoms with E-state index in [1.165, 1.54) is 4.31 Å². The Morgan fingerprint density at radius 3 is 2.77 bits per heavy atom. The lowest BCUT2D eigenvalue weighted by Crippen LogP contribution is -2.42. The second-order valence-electron chi connectivity index (χ2n) is 5.11. The number of hydrogen-bond donors (Lipinski definition) is 1. The van der Waals surface area contributed by atoms with Crippen molar-refractivity contribution >= 4 is 15.9 Å². The SMILES string of the molecule is Cc1cc(CCNC(=O)CCS(=O)(=O)N2CCOCC2)no1. The number of amides is 1. The third-order valence-corrected chi connectivity index (χ3v) is 5.20. The van der Waals surface area contributed by atoms with Crippen molar-refractivity contribution in [3.63, 3.8) is 0 Å². The normalized spacial score (nSPS) is 16.6. The summed E-state index contributed by atoms with van der Waals surface area (Å²) in [5, 5.41) is 6.51. The Labute approximate surface area is 129 Å². The van der Waals surface area contributed by atoms with Gasteiger partial charge in [-0.05, 0) is 6.92 Å². The van der Waals surface area contributed by atoms with Gasteiger partial charge in [0.15, 0.2) is 0 Å². The number of nitrogens with zero attached hydrogens (tertiary/aromatic N) is 2. The van der Waals surface area contributed by atoms with Gasteiger partial charge in [0.25, 0.3) is 0 Å². The molecule has 124 valence electrons. The highest BCUT2D eigenvalue weighted by Gasteiger charge is 2.24. The van der Waals surface area contributed by atoms with Crippen LogP contribution in [0.4, 0.5) is 0 Å². The Bertz CT molecular complexity index is 593. The van der Waals surface area contributed by atoms with Crippen LogP contribution in [0.3, 0.4) is 0 Å². The Kier molecular flexibility index (Phi) is 5.92. The van der Waals surface area contributed by atoms with Gasteiger partial charge in [-0.3, -0.25) is 4.79 Å². The number of carbonyl (C=O) groups excluding carboxylic acids is 1. The van der Waals surface area contributed by atoms with E-state index in [4.69, 9.17) is 9.26 Å². The van der Waals surface area contributed by atoms with E-state index in [0.29, 0.717) is 39.3 Å². The molecule has 2 heterocycles. The zero-order chi connectivity index (χ0) is 16.0. The minimum atomic E-state index is -3.39. The summed E-state index contributed by atoms with van der Waals surface area (Å²) in [6.07, 6.45) is 0.511. The van der Waals surface area contributed by atoms with E-state index in [1.807, 2.05) is 0 Å². The number of hydrogen-bond acceptors (Lipinski definition) is 6. The zero-order valence-corrected chi connectivity index (χ0v) is 13.4. The van der Waals surface area contributed by atoms with Crippen molar-refractivity contribution in [2.45, 2.75) is 19.8 Å². The molecule has 0 radical (unpaired) electrons. The van der Waals surface area contributed by atoms with Crippen LogP contribution >= 0.6 is 0 Å². The largest absolute Gasteiger partial charge is 0.379 e. The van der Waals surface area contributed by atoms with E-state index in [-0.39, 0.29) is 18.1 Å². The quantitative estimate of drug-likeness (QED) is 0.736. The third-order valence-electron chi connectivity index (χ3n) is 3.33. The number of rotatable bonds is 7. The van der Waals surface area contributed by atoms with Gasteiger partial charge in [0.2, 0.25) is 15.9 Å². The summed E-state index contributed by atoms with van der Waals surface area (Å²) in [5.74, 6) is 0.261. The molecule has 1 aromatic heterocycles. The minimum absolute atomic E-state index is 0.0441.